The number of rotatable bonds is 2. The second-order valence-corrected chi connectivity index (χ2v) is 6.19. The molecule has 1 aliphatic heterocycles. The number of hydrogen-bond acceptors (Lipinski definition) is 4. The van der Waals surface area contributed by atoms with Crippen molar-refractivity contribution in [3.05, 3.63) is 46.4 Å². The Bertz CT molecular complexity index is 697. The van der Waals surface area contributed by atoms with Crippen molar-refractivity contribution in [3.63, 3.8) is 0 Å². The van der Waals surface area contributed by atoms with Crippen molar-refractivity contribution in [2.45, 2.75) is 9.79 Å². The second-order valence-electron chi connectivity index (χ2n) is 4.16. The van der Waals surface area contributed by atoms with Gasteiger partial charge in [0.2, 0.25) is 0 Å². The monoisotopic (exact) mass is 347 g/mol. The minimum atomic E-state index is 0.571. The van der Waals surface area contributed by atoms with Gasteiger partial charge in [0, 0.05) is 14.3 Å². The molecule has 1 heterocycles. The van der Waals surface area contributed by atoms with Gasteiger partial charge in [-0.1, -0.05) is 27.7 Å². The van der Waals surface area contributed by atoms with Crippen molar-refractivity contribution < 1.29 is 9.47 Å². The smallest absolute Gasteiger partial charge is 0.162 e. The number of hydrogen-bond donors (Lipinski definition) is 0. The molecule has 3 nitrogen and oxygen atoms in total. The summed E-state index contributed by atoms with van der Waals surface area (Å²) in [5, 5.41) is 9.16. The molecule has 0 fully saturated rings. The van der Waals surface area contributed by atoms with E-state index in [1.165, 1.54) is 11.8 Å². The minimum absolute atomic E-state index is 0.571. The molecule has 2 aromatic carbocycles. The first kappa shape index (κ1) is 13.3. The largest absolute Gasteiger partial charge is 0.486 e. The molecule has 0 spiro atoms. The van der Waals surface area contributed by atoms with E-state index in [0.717, 1.165) is 25.8 Å². The average molecular weight is 348 g/mol. The minimum Gasteiger partial charge on any atom is -0.486 e. The molecule has 3 rings (SSSR count). The highest BCUT2D eigenvalue weighted by Gasteiger charge is 2.13. The SMILES string of the molecule is N#Cc1ccc(Br)cc1Sc1ccc2c(c1)OCCO2. The lowest BCUT2D eigenvalue weighted by Gasteiger charge is -2.18. The summed E-state index contributed by atoms with van der Waals surface area (Å²) in [4.78, 5) is 1.93. The Kier molecular flexibility index (Phi) is 3.86. The first-order valence-electron chi connectivity index (χ1n) is 6.03. The van der Waals surface area contributed by atoms with E-state index in [9.17, 15) is 0 Å². The van der Waals surface area contributed by atoms with Crippen LogP contribution in [0.15, 0.2) is 50.7 Å². The molecule has 0 saturated carbocycles. The standard InChI is InChI=1S/C15H10BrNO2S/c16-11-2-1-10(9-17)15(7-11)20-12-3-4-13-14(8-12)19-6-5-18-13/h1-4,7-8H,5-6H2. The van der Waals surface area contributed by atoms with Crippen molar-refractivity contribution in [1.29, 1.82) is 5.26 Å². The van der Waals surface area contributed by atoms with Gasteiger partial charge >= 0.3 is 0 Å². The van der Waals surface area contributed by atoms with Crippen LogP contribution in [0.2, 0.25) is 0 Å². The van der Waals surface area contributed by atoms with Crippen LogP contribution in [0.4, 0.5) is 0 Å². The van der Waals surface area contributed by atoms with Crippen molar-refractivity contribution in [2.75, 3.05) is 13.2 Å². The third kappa shape index (κ3) is 2.77. The third-order valence-electron chi connectivity index (χ3n) is 2.81. The summed E-state index contributed by atoms with van der Waals surface area (Å²) < 4.78 is 12.0. The predicted octanol–water partition coefficient (Wildman–Crippen LogP) is 4.24. The Morgan fingerprint density at radius 1 is 1.05 bits per heavy atom. The van der Waals surface area contributed by atoms with Crippen LogP contribution in [0, 0.1) is 11.3 Å². The number of halogens is 1. The molecule has 0 amide bonds. The van der Waals surface area contributed by atoms with Crippen molar-refractivity contribution in [1.82, 2.24) is 0 Å². The maximum absolute atomic E-state index is 9.16. The van der Waals surface area contributed by atoms with Crippen molar-refractivity contribution in [2.24, 2.45) is 0 Å². The van der Waals surface area contributed by atoms with Gasteiger partial charge in [-0.3, -0.25) is 0 Å². The van der Waals surface area contributed by atoms with Gasteiger partial charge in [-0.05, 0) is 36.4 Å². The van der Waals surface area contributed by atoms with Gasteiger partial charge < -0.3 is 9.47 Å². The Morgan fingerprint density at radius 3 is 2.65 bits per heavy atom. The number of nitrogens with zero attached hydrogens (tertiary/aromatic N) is 1. The highest BCUT2D eigenvalue weighted by Crippen LogP contribution is 2.38. The topological polar surface area (TPSA) is 42.2 Å². The summed E-state index contributed by atoms with van der Waals surface area (Å²) in [6.07, 6.45) is 0. The van der Waals surface area contributed by atoms with Gasteiger partial charge in [0.1, 0.15) is 19.3 Å². The molecule has 1 aliphatic rings. The molecular formula is C15H10BrNO2S. The molecule has 0 unspecified atom stereocenters. The fraction of sp³-hybridized carbons (Fsp3) is 0.133. The zero-order chi connectivity index (χ0) is 13.9. The zero-order valence-corrected chi connectivity index (χ0v) is 12.8. The maximum Gasteiger partial charge on any atom is 0.162 e. The Balaban J connectivity index is 1.92. The number of nitriles is 1. The van der Waals surface area contributed by atoms with E-state index in [4.69, 9.17) is 14.7 Å². The number of fused-ring (bicyclic) bond motifs is 1. The van der Waals surface area contributed by atoms with E-state index >= 15 is 0 Å². The molecule has 0 saturated heterocycles. The molecule has 0 bridgehead atoms. The van der Waals surface area contributed by atoms with Crippen LogP contribution in [-0.2, 0) is 0 Å². The summed E-state index contributed by atoms with van der Waals surface area (Å²) in [5.41, 5.74) is 0.660. The highest BCUT2D eigenvalue weighted by molar-refractivity contribution is 9.10. The van der Waals surface area contributed by atoms with Crippen molar-refractivity contribution >= 4 is 27.7 Å². The van der Waals surface area contributed by atoms with Crippen LogP contribution in [0.5, 0.6) is 11.5 Å². The van der Waals surface area contributed by atoms with Gasteiger partial charge in [0.25, 0.3) is 0 Å². The lowest BCUT2D eigenvalue weighted by Crippen LogP contribution is -2.15. The summed E-state index contributed by atoms with van der Waals surface area (Å²) in [6, 6.07) is 13.7. The Morgan fingerprint density at radius 2 is 1.85 bits per heavy atom. The van der Waals surface area contributed by atoms with Gasteiger partial charge in [-0.2, -0.15) is 5.26 Å². The van der Waals surface area contributed by atoms with Crippen LogP contribution in [-0.4, -0.2) is 13.2 Å². The van der Waals surface area contributed by atoms with Crippen LogP contribution < -0.4 is 9.47 Å². The highest BCUT2D eigenvalue weighted by atomic mass is 79.9. The van der Waals surface area contributed by atoms with E-state index < -0.39 is 0 Å². The molecular weight excluding hydrogens is 338 g/mol. The van der Waals surface area contributed by atoms with Gasteiger partial charge in [0.15, 0.2) is 11.5 Å². The summed E-state index contributed by atoms with van der Waals surface area (Å²) in [7, 11) is 0. The predicted molar refractivity (Wildman–Crippen MR) is 80.4 cm³/mol. The average Bonchev–Trinajstić information content (AvgIpc) is 2.47. The summed E-state index contributed by atoms with van der Waals surface area (Å²) in [6.45, 7) is 1.16. The molecule has 0 atom stereocenters. The van der Waals surface area contributed by atoms with Crippen LogP contribution in [0.1, 0.15) is 5.56 Å². The molecule has 0 radical (unpaired) electrons. The van der Waals surface area contributed by atoms with Gasteiger partial charge in [-0.25, -0.2) is 0 Å². The maximum atomic E-state index is 9.16. The lowest BCUT2D eigenvalue weighted by atomic mass is 10.2. The zero-order valence-electron chi connectivity index (χ0n) is 10.4. The fourth-order valence-corrected chi connectivity index (χ4v) is 3.37. The molecule has 100 valence electrons. The van der Waals surface area contributed by atoms with E-state index in [2.05, 4.69) is 22.0 Å². The van der Waals surface area contributed by atoms with E-state index in [1.54, 1.807) is 0 Å². The van der Waals surface area contributed by atoms with Gasteiger partial charge in [0.05, 0.1) is 5.56 Å². The molecule has 20 heavy (non-hydrogen) atoms. The molecule has 0 aliphatic carbocycles. The normalized spacial score (nSPS) is 12.8. The van der Waals surface area contributed by atoms with E-state index in [-0.39, 0.29) is 0 Å². The lowest BCUT2D eigenvalue weighted by molar-refractivity contribution is 0.171. The van der Waals surface area contributed by atoms with Crippen molar-refractivity contribution in [3.8, 4) is 17.6 Å². The Hall–Kier alpha value is -1.64. The third-order valence-corrected chi connectivity index (χ3v) is 4.35. The Labute approximate surface area is 129 Å². The first-order chi connectivity index (χ1) is 9.76. The van der Waals surface area contributed by atoms with E-state index in [0.29, 0.717) is 18.8 Å². The van der Waals surface area contributed by atoms with Crippen LogP contribution in [0.3, 0.4) is 0 Å². The fourth-order valence-electron chi connectivity index (χ4n) is 1.89. The quantitative estimate of drug-likeness (QED) is 0.814. The van der Waals surface area contributed by atoms with Crippen LogP contribution >= 0.6 is 27.7 Å². The summed E-state index contributed by atoms with van der Waals surface area (Å²) in [5.74, 6) is 1.53. The van der Waals surface area contributed by atoms with Crippen LogP contribution in [0.25, 0.3) is 0 Å². The second kappa shape index (κ2) is 5.78. The number of benzene rings is 2. The van der Waals surface area contributed by atoms with E-state index in [1.807, 2.05) is 36.4 Å². The first-order valence-corrected chi connectivity index (χ1v) is 7.64. The molecule has 5 heteroatoms. The summed E-state index contributed by atoms with van der Waals surface area (Å²) >= 11 is 4.97. The molecule has 0 N–H and O–H groups in total. The van der Waals surface area contributed by atoms with Gasteiger partial charge in [-0.15, -0.1) is 0 Å². The number of ether oxygens (including phenoxy) is 2. The molecule has 0 aromatic heterocycles. The molecule has 2 aromatic rings.